The summed E-state index contributed by atoms with van der Waals surface area (Å²) in [5.41, 5.74) is 0. The van der Waals surface area contributed by atoms with E-state index in [9.17, 15) is 14.7 Å². The van der Waals surface area contributed by atoms with Crippen LogP contribution in [-0.4, -0.2) is 23.1 Å². The first kappa shape index (κ1) is 35.7. The van der Waals surface area contributed by atoms with E-state index >= 15 is 0 Å². The van der Waals surface area contributed by atoms with Crippen LogP contribution in [0.5, 0.6) is 0 Å². The molecule has 0 amide bonds. The fourth-order valence-corrected chi connectivity index (χ4v) is 5.88. The van der Waals surface area contributed by atoms with Gasteiger partial charge in [0, 0.05) is 0 Å². The molecule has 0 aromatic carbocycles. The number of carbonyl (C=O) groups excluding carboxylic acids is 1. The second-order valence-electron chi connectivity index (χ2n) is 12.7. The van der Waals surface area contributed by atoms with E-state index in [1.165, 1.54) is 116 Å². The van der Waals surface area contributed by atoms with Gasteiger partial charge in [-0.25, -0.2) is 0 Å². The Balaban J connectivity index is 2.26. The Hall–Kier alpha value is -1.32. The van der Waals surface area contributed by atoms with Gasteiger partial charge in [-0.1, -0.05) is 148 Å². The third kappa shape index (κ3) is 19.4. The van der Waals surface area contributed by atoms with Crippen LogP contribution in [-0.2, 0) is 14.3 Å². The molecule has 3 atom stereocenters. The number of esters is 1. The van der Waals surface area contributed by atoms with Gasteiger partial charge in [-0.15, -0.1) is 0 Å². The van der Waals surface area contributed by atoms with E-state index in [0.29, 0.717) is 6.42 Å². The van der Waals surface area contributed by atoms with Crippen molar-refractivity contribution < 1.29 is 19.4 Å². The summed E-state index contributed by atoms with van der Waals surface area (Å²) < 4.78 is 5.98. The SMILES string of the molecule is CCCCCCCCCCCCCCCCCC(CCCCCCC(C)C)OC(=O)C1C=CCCC1C(=O)O. The second-order valence-corrected chi connectivity index (χ2v) is 12.7. The number of hydrogen-bond acceptors (Lipinski definition) is 3. The average molecular weight is 549 g/mol. The highest BCUT2D eigenvalue weighted by Crippen LogP contribution is 2.28. The van der Waals surface area contributed by atoms with Crippen molar-refractivity contribution in [3.05, 3.63) is 12.2 Å². The minimum absolute atomic E-state index is 0.0747. The Morgan fingerprint density at radius 2 is 1.15 bits per heavy atom. The van der Waals surface area contributed by atoms with Gasteiger partial charge in [-0.2, -0.15) is 0 Å². The average Bonchev–Trinajstić information content (AvgIpc) is 2.92. The standard InChI is InChI=1S/C35H64O4/c1-4-5-6-7-8-9-10-11-12-13-14-15-16-17-21-26-31(27-22-19-18-20-25-30(2)3)39-35(38)33-29-24-23-28-32(33)34(36)37/h24,29-33H,4-23,25-28H2,1-3H3,(H,36,37). The van der Waals surface area contributed by atoms with Crippen molar-refractivity contribution in [2.75, 3.05) is 0 Å². The monoisotopic (exact) mass is 548 g/mol. The zero-order chi connectivity index (χ0) is 28.6. The predicted molar refractivity (Wildman–Crippen MR) is 165 cm³/mol. The minimum atomic E-state index is -0.884. The lowest BCUT2D eigenvalue weighted by atomic mass is 9.84. The first-order chi connectivity index (χ1) is 19.0. The fraction of sp³-hybridized carbons (Fsp3) is 0.886. The molecule has 1 aliphatic rings. The van der Waals surface area contributed by atoms with E-state index in [4.69, 9.17) is 4.74 Å². The molecule has 0 heterocycles. The summed E-state index contributed by atoms with van der Waals surface area (Å²) in [7, 11) is 0. The van der Waals surface area contributed by atoms with Crippen LogP contribution in [0.4, 0.5) is 0 Å². The molecular weight excluding hydrogens is 484 g/mol. The topological polar surface area (TPSA) is 63.6 Å². The van der Waals surface area contributed by atoms with Gasteiger partial charge in [0.15, 0.2) is 0 Å². The molecule has 228 valence electrons. The number of allylic oxidation sites excluding steroid dienone is 1. The van der Waals surface area contributed by atoms with Gasteiger partial charge in [0.05, 0.1) is 11.8 Å². The summed E-state index contributed by atoms with van der Waals surface area (Å²) in [5, 5.41) is 9.56. The molecule has 39 heavy (non-hydrogen) atoms. The summed E-state index contributed by atoms with van der Waals surface area (Å²) in [6, 6.07) is 0. The van der Waals surface area contributed by atoms with E-state index in [0.717, 1.165) is 38.0 Å². The maximum absolute atomic E-state index is 13.0. The Kier molecular flexibility index (Phi) is 22.4. The maximum Gasteiger partial charge on any atom is 0.313 e. The third-order valence-corrected chi connectivity index (χ3v) is 8.48. The van der Waals surface area contributed by atoms with Crippen LogP contribution in [0.1, 0.15) is 175 Å². The smallest absolute Gasteiger partial charge is 0.313 e. The molecule has 0 spiro atoms. The van der Waals surface area contributed by atoms with Gasteiger partial charge in [-0.05, 0) is 44.4 Å². The van der Waals surface area contributed by atoms with Gasteiger partial charge in [0.2, 0.25) is 0 Å². The molecule has 0 aromatic heterocycles. The molecule has 3 unspecified atom stereocenters. The molecule has 4 nitrogen and oxygen atoms in total. The summed E-state index contributed by atoms with van der Waals surface area (Å²) >= 11 is 0. The van der Waals surface area contributed by atoms with E-state index in [1.807, 2.05) is 6.08 Å². The number of hydrogen-bond donors (Lipinski definition) is 1. The van der Waals surface area contributed by atoms with Crippen LogP contribution in [0.25, 0.3) is 0 Å². The van der Waals surface area contributed by atoms with E-state index < -0.39 is 17.8 Å². The summed E-state index contributed by atoms with van der Waals surface area (Å²) in [6.07, 6.45) is 32.9. The zero-order valence-electron chi connectivity index (χ0n) is 26.1. The van der Waals surface area contributed by atoms with Crippen LogP contribution in [0.3, 0.4) is 0 Å². The third-order valence-electron chi connectivity index (χ3n) is 8.48. The summed E-state index contributed by atoms with van der Waals surface area (Å²) in [6.45, 7) is 6.83. The van der Waals surface area contributed by atoms with Gasteiger partial charge in [0.1, 0.15) is 6.10 Å². The quantitative estimate of drug-likeness (QED) is 0.0663. The molecular formula is C35H64O4. The number of rotatable bonds is 26. The molecule has 0 radical (unpaired) electrons. The van der Waals surface area contributed by atoms with Crippen LogP contribution in [0.2, 0.25) is 0 Å². The molecule has 0 saturated carbocycles. The fourth-order valence-electron chi connectivity index (χ4n) is 5.88. The predicted octanol–water partition coefficient (Wildman–Crippen LogP) is 10.8. The zero-order valence-corrected chi connectivity index (χ0v) is 26.1. The van der Waals surface area contributed by atoms with E-state index in [1.54, 1.807) is 6.08 Å². The number of carboxylic acid groups (broad SMARTS) is 1. The number of carboxylic acids is 1. The highest BCUT2D eigenvalue weighted by Gasteiger charge is 2.35. The molecule has 1 N–H and O–H groups in total. The molecule has 0 fully saturated rings. The van der Waals surface area contributed by atoms with Crippen LogP contribution in [0.15, 0.2) is 12.2 Å². The molecule has 0 saturated heterocycles. The highest BCUT2D eigenvalue weighted by molar-refractivity contribution is 5.83. The Labute approximate surface area is 242 Å². The van der Waals surface area contributed by atoms with Gasteiger partial charge < -0.3 is 9.84 Å². The van der Waals surface area contributed by atoms with Gasteiger partial charge >= 0.3 is 11.9 Å². The Morgan fingerprint density at radius 3 is 1.59 bits per heavy atom. The Bertz CT molecular complexity index is 626. The summed E-state index contributed by atoms with van der Waals surface area (Å²) in [4.78, 5) is 24.6. The normalized spacial score (nSPS) is 17.9. The van der Waals surface area contributed by atoms with Crippen LogP contribution >= 0.6 is 0 Å². The molecule has 4 heteroatoms. The van der Waals surface area contributed by atoms with Crippen LogP contribution in [0, 0.1) is 17.8 Å². The van der Waals surface area contributed by atoms with Crippen LogP contribution < -0.4 is 0 Å². The number of carbonyl (C=O) groups is 2. The Morgan fingerprint density at radius 1 is 0.718 bits per heavy atom. The van der Waals surface area contributed by atoms with Crippen molar-refractivity contribution >= 4 is 11.9 Å². The lowest BCUT2D eigenvalue weighted by molar-refractivity contribution is -0.160. The molecule has 1 aliphatic carbocycles. The first-order valence-corrected chi connectivity index (χ1v) is 17.1. The van der Waals surface area contributed by atoms with Crippen molar-refractivity contribution in [2.45, 2.75) is 181 Å². The first-order valence-electron chi connectivity index (χ1n) is 17.1. The number of aliphatic carboxylic acids is 1. The van der Waals surface area contributed by atoms with Gasteiger partial charge in [-0.3, -0.25) is 9.59 Å². The molecule has 0 aliphatic heterocycles. The number of unbranched alkanes of at least 4 members (excludes halogenated alkanes) is 17. The van der Waals surface area contributed by atoms with Crippen molar-refractivity contribution in [3.63, 3.8) is 0 Å². The van der Waals surface area contributed by atoms with Crippen molar-refractivity contribution in [2.24, 2.45) is 17.8 Å². The van der Waals surface area contributed by atoms with Gasteiger partial charge in [0.25, 0.3) is 0 Å². The minimum Gasteiger partial charge on any atom is -0.481 e. The molecule has 1 rings (SSSR count). The van der Waals surface area contributed by atoms with Crippen molar-refractivity contribution in [3.8, 4) is 0 Å². The van der Waals surface area contributed by atoms with E-state index in [-0.39, 0.29) is 12.1 Å². The van der Waals surface area contributed by atoms with Crippen molar-refractivity contribution in [1.82, 2.24) is 0 Å². The lowest BCUT2D eigenvalue weighted by Gasteiger charge is -2.26. The van der Waals surface area contributed by atoms with Crippen molar-refractivity contribution in [1.29, 1.82) is 0 Å². The summed E-state index contributed by atoms with van der Waals surface area (Å²) in [5.74, 6) is -1.74. The highest BCUT2D eigenvalue weighted by atomic mass is 16.5. The maximum atomic E-state index is 13.0. The number of ether oxygens (including phenoxy) is 1. The molecule has 0 bridgehead atoms. The van der Waals surface area contributed by atoms with E-state index in [2.05, 4.69) is 20.8 Å². The lowest BCUT2D eigenvalue weighted by Crippen LogP contribution is -2.33. The largest absolute Gasteiger partial charge is 0.481 e. The molecule has 0 aromatic rings. The second kappa shape index (κ2) is 24.5.